The van der Waals surface area contributed by atoms with Crippen LogP contribution in [0.25, 0.3) is 6.08 Å². The molecule has 0 saturated carbocycles. The average molecular weight is 448 g/mol. The molecule has 0 aliphatic carbocycles. The van der Waals surface area contributed by atoms with E-state index in [4.69, 9.17) is 21.7 Å². The zero-order valence-electron chi connectivity index (χ0n) is 17.5. The van der Waals surface area contributed by atoms with Crippen molar-refractivity contribution in [2.75, 3.05) is 13.2 Å². The minimum atomic E-state index is -0.563. The number of nitriles is 1. The molecule has 0 spiro atoms. The van der Waals surface area contributed by atoms with Crippen molar-refractivity contribution in [1.82, 2.24) is 10.2 Å². The lowest BCUT2D eigenvalue weighted by molar-refractivity contribution is -0.128. The zero-order chi connectivity index (χ0) is 23.1. The number of thiocarbonyl (C=S) groups is 1. The second-order valence-electron chi connectivity index (χ2n) is 6.72. The van der Waals surface area contributed by atoms with Crippen LogP contribution in [0.5, 0.6) is 11.5 Å². The monoisotopic (exact) mass is 447 g/mol. The van der Waals surface area contributed by atoms with Crippen molar-refractivity contribution in [1.29, 1.82) is 5.26 Å². The first kappa shape index (κ1) is 22.7. The molecule has 1 N–H and O–H groups in total. The van der Waals surface area contributed by atoms with Gasteiger partial charge in [0, 0.05) is 12.1 Å². The smallest absolute Gasteiger partial charge is 0.265 e. The van der Waals surface area contributed by atoms with Gasteiger partial charge < -0.3 is 9.47 Å². The second kappa shape index (κ2) is 10.4. The first-order valence-electron chi connectivity index (χ1n) is 9.85. The van der Waals surface area contributed by atoms with Crippen LogP contribution in [0.1, 0.15) is 23.6 Å². The van der Waals surface area contributed by atoms with Gasteiger partial charge in [-0.25, -0.2) is 0 Å². The predicted molar refractivity (Wildman–Crippen MR) is 124 cm³/mol. The van der Waals surface area contributed by atoms with E-state index in [1.165, 1.54) is 17.1 Å². The average Bonchev–Trinajstić information content (AvgIpc) is 2.79. The van der Waals surface area contributed by atoms with Gasteiger partial charge in [0.15, 0.2) is 16.6 Å². The molecule has 2 amide bonds. The lowest BCUT2D eigenvalue weighted by Crippen LogP contribution is -2.53. The quantitative estimate of drug-likeness (QED) is 0.289. The summed E-state index contributed by atoms with van der Waals surface area (Å²) in [4.78, 5) is 26.3. The number of benzene rings is 2. The Morgan fingerprint density at radius 3 is 2.69 bits per heavy atom. The normalized spacial score (nSPS) is 14.7. The summed E-state index contributed by atoms with van der Waals surface area (Å²) in [5, 5.41) is 11.8. The van der Waals surface area contributed by atoms with Crippen LogP contribution < -0.4 is 14.8 Å². The van der Waals surface area contributed by atoms with Crippen molar-refractivity contribution < 1.29 is 19.1 Å². The maximum absolute atomic E-state index is 12.7. The maximum Gasteiger partial charge on any atom is 0.265 e. The van der Waals surface area contributed by atoms with Crippen molar-refractivity contribution in [2.24, 2.45) is 0 Å². The number of carbonyl (C=O) groups excluding carboxylic acids is 2. The number of nitrogens with one attached hydrogen (secondary N) is 1. The van der Waals surface area contributed by atoms with Gasteiger partial charge in [-0.1, -0.05) is 30.3 Å². The Hall–Kier alpha value is -3.96. The van der Waals surface area contributed by atoms with Gasteiger partial charge in [-0.15, -0.1) is 6.58 Å². The fraction of sp³-hybridized carbons (Fsp3) is 0.167. The lowest BCUT2D eigenvalue weighted by Gasteiger charge is -2.27. The highest BCUT2D eigenvalue weighted by molar-refractivity contribution is 7.80. The number of hydrogen-bond acceptors (Lipinski definition) is 6. The van der Waals surface area contributed by atoms with Crippen molar-refractivity contribution in [2.45, 2.75) is 13.5 Å². The molecule has 2 aromatic rings. The van der Waals surface area contributed by atoms with E-state index in [0.29, 0.717) is 29.2 Å². The summed E-state index contributed by atoms with van der Waals surface area (Å²) in [6, 6.07) is 14.4. The van der Waals surface area contributed by atoms with Crippen LogP contribution in [0.4, 0.5) is 0 Å². The van der Waals surface area contributed by atoms with Crippen molar-refractivity contribution in [3.05, 3.63) is 77.4 Å². The summed E-state index contributed by atoms with van der Waals surface area (Å²) in [7, 11) is 0. The molecule has 0 radical (unpaired) electrons. The molecule has 8 heteroatoms. The van der Waals surface area contributed by atoms with Gasteiger partial charge in [0.25, 0.3) is 11.8 Å². The number of hydrogen-bond donors (Lipinski definition) is 1. The van der Waals surface area contributed by atoms with E-state index in [1.807, 2.05) is 19.1 Å². The van der Waals surface area contributed by atoms with Crippen molar-refractivity contribution >= 4 is 35.2 Å². The van der Waals surface area contributed by atoms with E-state index < -0.39 is 11.8 Å². The SMILES string of the molecule is C=CCN1C(=O)/C(=C/c2ccc(OCc3ccccc3C#N)c(OCC)c2)C(=O)NC1=S. The Kier molecular flexibility index (Phi) is 7.37. The molecule has 0 atom stereocenters. The van der Waals surface area contributed by atoms with Crippen LogP contribution >= 0.6 is 12.2 Å². The van der Waals surface area contributed by atoms with Gasteiger partial charge in [-0.05, 0) is 49.0 Å². The molecule has 1 saturated heterocycles. The van der Waals surface area contributed by atoms with E-state index in [-0.39, 0.29) is 23.8 Å². The number of amides is 2. The molecule has 7 nitrogen and oxygen atoms in total. The Morgan fingerprint density at radius 1 is 1.19 bits per heavy atom. The molecule has 1 fully saturated rings. The van der Waals surface area contributed by atoms with E-state index in [2.05, 4.69) is 18.0 Å². The van der Waals surface area contributed by atoms with Crippen LogP contribution in [-0.4, -0.2) is 35.0 Å². The lowest BCUT2D eigenvalue weighted by atomic mass is 10.1. The molecule has 0 aromatic heterocycles. The third-order valence-corrected chi connectivity index (χ3v) is 4.92. The largest absolute Gasteiger partial charge is 0.490 e. The topological polar surface area (TPSA) is 91.7 Å². The summed E-state index contributed by atoms with van der Waals surface area (Å²) >= 11 is 5.07. The standard InChI is InChI=1S/C24H21N3O4S/c1-3-11-27-23(29)19(22(28)26-24(27)32)12-16-9-10-20(21(13-16)30-4-2)31-15-18-8-6-5-7-17(18)14-25/h3,5-10,12-13H,1,4,11,15H2,2H3,(H,26,28,32)/b19-12+. The minimum absolute atomic E-state index is 0.0421. The highest BCUT2D eigenvalue weighted by atomic mass is 32.1. The Balaban J connectivity index is 1.87. The molecule has 3 rings (SSSR count). The van der Waals surface area contributed by atoms with Gasteiger partial charge in [0.05, 0.1) is 18.2 Å². The van der Waals surface area contributed by atoms with Gasteiger partial charge in [-0.2, -0.15) is 5.26 Å². The molecule has 1 aliphatic heterocycles. The number of nitrogens with zero attached hydrogens (tertiary/aromatic N) is 2. The molecule has 1 aliphatic rings. The summed E-state index contributed by atoms with van der Waals surface area (Å²) < 4.78 is 11.6. The van der Waals surface area contributed by atoms with Crippen LogP contribution in [0.15, 0.2) is 60.7 Å². The minimum Gasteiger partial charge on any atom is -0.490 e. The summed E-state index contributed by atoms with van der Waals surface area (Å²) in [5.41, 5.74) is 1.84. The first-order valence-corrected chi connectivity index (χ1v) is 10.3. The third-order valence-electron chi connectivity index (χ3n) is 4.60. The molecule has 1 heterocycles. The number of ether oxygens (including phenoxy) is 2. The number of carbonyl (C=O) groups is 2. The van der Waals surface area contributed by atoms with Crippen LogP contribution in [0.3, 0.4) is 0 Å². The summed E-state index contributed by atoms with van der Waals surface area (Å²) in [6.07, 6.45) is 3.01. The van der Waals surface area contributed by atoms with Crippen LogP contribution in [0.2, 0.25) is 0 Å². The van der Waals surface area contributed by atoms with Gasteiger partial charge in [-0.3, -0.25) is 19.8 Å². The second-order valence-corrected chi connectivity index (χ2v) is 7.11. The van der Waals surface area contributed by atoms with Crippen LogP contribution in [0, 0.1) is 11.3 Å². The Morgan fingerprint density at radius 2 is 1.97 bits per heavy atom. The molecule has 2 aromatic carbocycles. The van der Waals surface area contributed by atoms with E-state index >= 15 is 0 Å². The highest BCUT2D eigenvalue weighted by Crippen LogP contribution is 2.31. The van der Waals surface area contributed by atoms with Crippen LogP contribution in [-0.2, 0) is 16.2 Å². The summed E-state index contributed by atoms with van der Waals surface area (Å²) in [5.74, 6) is -0.120. The maximum atomic E-state index is 12.7. The van der Waals surface area contributed by atoms with E-state index in [1.54, 1.807) is 30.3 Å². The zero-order valence-corrected chi connectivity index (χ0v) is 18.3. The van der Waals surface area contributed by atoms with Gasteiger partial charge in [0.2, 0.25) is 0 Å². The van der Waals surface area contributed by atoms with E-state index in [9.17, 15) is 14.9 Å². The molecular formula is C24H21N3O4S. The third kappa shape index (κ3) is 5.02. The molecule has 0 unspecified atom stereocenters. The Labute approximate surface area is 191 Å². The molecule has 32 heavy (non-hydrogen) atoms. The molecule has 162 valence electrons. The Bertz CT molecular complexity index is 1150. The van der Waals surface area contributed by atoms with Gasteiger partial charge in [0.1, 0.15) is 12.2 Å². The highest BCUT2D eigenvalue weighted by Gasteiger charge is 2.32. The molecular weight excluding hydrogens is 426 g/mol. The van der Waals surface area contributed by atoms with E-state index in [0.717, 1.165) is 5.56 Å². The van der Waals surface area contributed by atoms with Crippen molar-refractivity contribution in [3.8, 4) is 17.6 Å². The fourth-order valence-electron chi connectivity index (χ4n) is 3.07. The van der Waals surface area contributed by atoms with Gasteiger partial charge >= 0.3 is 0 Å². The van der Waals surface area contributed by atoms with Crippen molar-refractivity contribution in [3.63, 3.8) is 0 Å². The first-order chi connectivity index (χ1) is 15.5. The fourth-order valence-corrected chi connectivity index (χ4v) is 3.32. The predicted octanol–water partition coefficient (Wildman–Crippen LogP) is 3.35. The number of rotatable bonds is 8. The molecule has 0 bridgehead atoms. The summed E-state index contributed by atoms with van der Waals surface area (Å²) in [6.45, 7) is 6.23.